The third kappa shape index (κ3) is 2.09. The number of aliphatic hydroxyl groups is 1. The van der Waals surface area contributed by atoms with Crippen molar-refractivity contribution in [2.75, 3.05) is 0 Å². The molecule has 1 unspecified atom stereocenters. The van der Waals surface area contributed by atoms with Crippen molar-refractivity contribution in [1.82, 2.24) is 4.57 Å². The lowest BCUT2D eigenvalue weighted by atomic mass is 10.3. The maximum atomic E-state index is 10.4. The number of aliphatic hydroxyl groups excluding tert-OH is 1. The first kappa shape index (κ1) is 7.81. The number of carbonyl (C=O) groups is 1. The maximum Gasteiger partial charge on any atom is 0.248 e. The van der Waals surface area contributed by atoms with Crippen molar-refractivity contribution in [3.8, 4) is 0 Å². The van der Waals surface area contributed by atoms with E-state index in [2.05, 4.69) is 0 Å². The highest BCUT2D eigenvalue weighted by atomic mass is 16.3. The van der Waals surface area contributed by atoms with Crippen LogP contribution in [0, 0.1) is 0 Å². The van der Waals surface area contributed by atoms with Gasteiger partial charge in [0.2, 0.25) is 5.91 Å². The number of nitrogens with two attached hydrogens (primary N) is 1. The van der Waals surface area contributed by atoms with E-state index in [-0.39, 0.29) is 6.54 Å². The lowest BCUT2D eigenvalue weighted by Crippen LogP contribution is -2.31. The van der Waals surface area contributed by atoms with E-state index in [1.165, 1.54) is 0 Å². The summed E-state index contributed by atoms with van der Waals surface area (Å²) in [7, 11) is 0. The molecule has 1 rings (SSSR count). The van der Waals surface area contributed by atoms with Gasteiger partial charge in [-0.1, -0.05) is 0 Å². The van der Waals surface area contributed by atoms with Gasteiger partial charge in [-0.3, -0.25) is 4.79 Å². The zero-order valence-corrected chi connectivity index (χ0v) is 5.97. The molecule has 4 nitrogen and oxygen atoms in total. The number of hydrogen-bond donors (Lipinski definition) is 2. The van der Waals surface area contributed by atoms with Crippen molar-refractivity contribution in [3.05, 3.63) is 24.5 Å². The van der Waals surface area contributed by atoms with Crippen LogP contribution < -0.4 is 5.73 Å². The average Bonchev–Trinajstić information content (AvgIpc) is 2.39. The fraction of sp³-hybridized carbons (Fsp3) is 0.286. The Labute approximate surface area is 64.2 Å². The molecule has 0 aliphatic carbocycles. The summed E-state index contributed by atoms with van der Waals surface area (Å²) in [5.74, 6) is -0.696. The summed E-state index contributed by atoms with van der Waals surface area (Å²) >= 11 is 0. The molecule has 0 radical (unpaired) electrons. The van der Waals surface area contributed by atoms with E-state index in [4.69, 9.17) is 10.8 Å². The second-order valence-electron chi connectivity index (χ2n) is 2.30. The number of amides is 1. The van der Waals surface area contributed by atoms with E-state index < -0.39 is 12.0 Å². The van der Waals surface area contributed by atoms with E-state index >= 15 is 0 Å². The molecule has 1 heterocycles. The SMILES string of the molecule is NC(=O)C(O)Cn1cccc1. The molecule has 0 bridgehead atoms. The van der Waals surface area contributed by atoms with Crippen LogP contribution in [0.15, 0.2) is 24.5 Å². The molecule has 3 N–H and O–H groups in total. The third-order valence-corrected chi connectivity index (χ3v) is 1.38. The summed E-state index contributed by atoms with van der Waals surface area (Å²) in [5.41, 5.74) is 4.85. The van der Waals surface area contributed by atoms with Gasteiger partial charge in [-0.05, 0) is 12.1 Å². The summed E-state index contributed by atoms with van der Waals surface area (Å²) in [5, 5.41) is 9.00. The van der Waals surface area contributed by atoms with Crippen molar-refractivity contribution in [1.29, 1.82) is 0 Å². The van der Waals surface area contributed by atoms with Crippen molar-refractivity contribution in [2.24, 2.45) is 5.73 Å². The Morgan fingerprint density at radius 1 is 1.55 bits per heavy atom. The summed E-state index contributed by atoms with van der Waals surface area (Å²) < 4.78 is 1.69. The van der Waals surface area contributed by atoms with Crippen LogP contribution >= 0.6 is 0 Å². The number of carbonyl (C=O) groups excluding carboxylic acids is 1. The first-order valence-electron chi connectivity index (χ1n) is 3.28. The zero-order chi connectivity index (χ0) is 8.27. The predicted octanol–water partition coefficient (Wildman–Crippen LogP) is -0.666. The second-order valence-corrected chi connectivity index (χ2v) is 2.30. The molecule has 0 fully saturated rings. The molecule has 1 amide bonds. The Morgan fingerprint density at radius 2 is 2.09 bits per heavy atom. The zero-order valence-electron chi connectivity index (χ0n) is 5.97. The molecule has 11 heavy (non-hydrogen) atoms. The summed E-state index contributed by atoms with van der Waals surface area (Å²) in [4.78, 5) is 10.4. The van der Waals surface area contributed by atoms with Crippen LogP contribution in [0.2, 0.25) is 0 Å². The van der Waals surface area contributed by atoms with Gasteiger partial charge in [0.05, 0.1) is 6.54 Å². The molecule has 0 spiro atoms. The largest absolute Gasteiger partial charge is 0.381 e. The van der Waals surface area contributed by atoms with E-state index in [9.17, 15) is 4.79 Å². The van der Waals surface area contributed by atoms with E-state index in [0.29, 0.717) is 0 Å². The molecule has 0 saturated carbocycles. The van der Waals surface area contributed by atoms with Crippen molar-refractivity contribution < 1.29 is 9.90 Å². The highest BCUT2D eigenvalue weighted by Gasteiger charge is 2.09. The molecule has 0 aromatic carbocycles. The Balaban J connectivity index is 2.50. The number of nitrogens with zero attached hydrogens (tertiary/aromatic N) is 1. The van der Waals surface area contributed by atoms with Gasteiger partial charge in [0.15, 0.2) is 0 Å². The third-order valence-electron chi connectivity index (χ3n) is 1.38. The van der Waals surface area contributed by atoms with E-state index in [0.717, 1.165) is 0 Å². The van der Waals surface area contributed by atoms with Gasteiger partial charge in [-0.15, -0.1) is 0 Å². The molecule has 4 heteroatoms. The second kappa shape index (κ2) is 3.21. The minimum absolute atomic E-state index is 0.225. The van der Waals surface area contributed by atoms with Gasteiger partial charge in [-0.25, -0.2) is 0 Å². The Hall–Kier alpha value is -1.29. The standard InChI is InChI=1S/C7H10N2O2/c8-7(11)6(10)5-9-3-1-2-4-9/h1-4,6,10H,5H2,(H2,8,11). The molecule has 0 aliphatic rings. The lowest BCUT2D eigenvalue weighted by Gasteiger charge is -2.06. The molecule has 60 valence electrons. The van der Waals surface area contributed by atoms with Crippen molar-refractivity contribution >= 4 is 5.91 Å². The Morgan fingerprint density at radius 3 is 2.55 bits per heavy atom. The minimum Gasteiger partial charge on any atom is -0.381 e. The van der Waals surface area contributed by atoms with Gasteiger partial charge >= 0.3 is 0 Å². The van der Waals surface area contributed by atoms with E-state index in [1.807, 2.05) is 12.1 Å². The molecule has 0 saturated heterocycles. The lowest BCUT2D eigenvalue weighted by molar-refractivity contribution is -0.126. The maximum absolute atomic E-state index is 10.4. The summed E-state index contributed by atoms with van der Waals surface area (Å²) in [6.07, 6.45) is 2.42. The minimum atomic E-state index is -1.10. The van der Waals surface area contributed by atoms with Gasteiger partial charge in [0.1, 0.15) is 6.10 Å². The van der Waals surface area contributed by atoms with Crippen LogP contribution in [0.1, 0.15) is 0 Å². The Bertz CT molecular complexity index is 231. The van der Waals surface area contributed by atoms with Gasteiger partial charge in [0.25, 0.3) is 0 Å². The average molecular weight is 154 g/mol. The number of rotatable bonds is 3. The molecule has 1 aromatic rings. The van der Waals surface area contributed by atoms with Crippen LogP contribution in [0.5, 0.6) is 0 Å². The molecular weight excluding hydrogens is 144 g/mol. The van der Waals surface area contributed by atoms with Crippen LogP contribution in [0.25, 0.3) is 0 Å². The smallest absolute Gasteiger partial charge is 0.248 e. The summed E-state index contributed by atoms with van der Waals surface area (Å²) in [6.45, 7) is 0.225. The van der Waals surface area contributed by atoms with Gasteiger partial charge in [0, 0.05) is 12.4 Å². The van der Waals surface area contributed by atoms with Crippen LogP contribution in [-0.4, -0.2) is 21.7 Å². The molecular formula is C7H10N2O2. The normalized spacial score (nSPS) is 12.8. The highest BCUT2D eigenvalue weighted by Crippen LogP contribution is 1.93. The number of primary amides is 1. The molecule has 1 aromatic heterocycles. The van der Waals surface area contributed by atoms with Crippen molar-refractivity contribution in [3.63, 3.8) is 0 Å². The van der Waals surface area contributed by atoms with Crippen molar-refractivity contribution in [2.45, 2.75) is 12.6 Å². The summed E-state index contributed by atoms with van der Waals surface area (Å²) in [6, 6.07) is 3.63. The predicted molar refractivity (Wildman–Crippen MR) is 39.6 cm³/mol. The van der Waals surface area contributed by atoms with E-state index in [1.54, 1.807) is 17.0 Å². The highest BCUT2D eigenvalue weighted by molar-refractivity contribution is 5.78. The number of aromatic nitrogens is 1. The fourth-order valence-corrected chi connectivity index (χ4v) is 0.782. The van der Waals surface area contributed by atoms with Gasteiger partial charge in [-0.2, -0.15) is 0 Å². The van der Waals surface area contributed by atoms with Crippen LogP contribution in [0.3, 0.4) is 0 Å². The molecule has 1 atom stereocenters. The van der Waals surface area contributed by atoms with Crippen LogP contribution in [0.4, 0.5) is 0 Å². The van der Waals surface area contributed by atoms with Gasteiger partial charge < -0.3 is 15.4 Å². The topological polar surface area (TPSA) is 68.2 Å². The first-order valence-corrected chi connectivity index (χ1v) is 3.28. The van der Waals surface area contributed by atoms with Crippen LogP contribution in [-0.2, 0) is 11.3 Å². The monoisotopic (exact) mass is 154 g/mol. The number of hydrogen-bond acceptors (Lipinski definition) is 2. The first-order chi connectivity index (χ1) is 5.20. The fourth-order valence-electron chi connectivity index (χ4n) is 0.782. The quantitative estimate of drug-likeness (QED) is 0.606. The Kier molecular flexibility index (Phi) is 2.28. The molecule has 0 aliphatic heterocycles.